The molecular weight excluding hydrogens is 367 g/mol. The monoisotopic (exact) mass is 394 g/mol. The topological polar surface area (TPSA) is 40.6 Å². The van der Waals surface area contributed by atoms with Crippen molar-refractivity contribution in [1.82, 2.24) is 9.80 Å². The minimum atomic E-state index is -0.287. The van der Waals surface area contributed by atoms with Gasteiger partial charge >= 0.3 is 0 Å². The SMILES string of the molecule is O=C(CCc1ccccc1)N1C[C@H]2CCCC(=O)N(Cc3cccc(F)c3)[C@H]2C1. The summed E-state index contributed by atoms with van der Waals surface area (Å²) in [6.07, 6.45) is 3.56. The molecule has 4 nitrogen and oxygen atoms in total. The molecule has 2 aromatic rings. The Balaban J connectivity index is 1.43. The fourth-order valence-corrected chi connectivity index (χ4v) is 4.63. The minimum absolute atomic E-state index is 0.0222. The average molecular weight is 394 g/mol. The van der Waals surface area contributed by atoms with E-state index in [4.69, 9.17) is 0 Å². The number of amides is 2. The molecule has 2 atom stereocenters. The Morgan fingerprint density at radius 3 is 2.62 bits per heavy atom. The number of aryl methyl sites for hydroxylation is 1. The first-order valence-corrected chi connectivity index (χ1v) is 10.5. The Labute approximate surface area is 171 Å². The molecule has 0 aromatic heterocycles. The van der Waals surface area contributed by atoms with Crippen LogP contribution in [0.3, 0.4) is 0 Å². The molecule has 2 saturated heterocycles. The van der Waals surface area contributed by atoms with Gasteiger partial charge in [0, 0.05) is 32.5 Å². The number of halogens is 1. The molecule has 0 radical (unpaired) electrons. The Morgan fingerprint density at radius 2 is 1.83 bits per heavy atom. The van der Waals surface area contributed by atoms with Crippen LogP contribution in [0.1, 0.15) is 36.8 Å². The van der Waals surface area contributed by atoms with Gasteiger partial charge in [0.15, 0.2) is 0 Å². The minimum Gasteiger partial charge on any atom is -0.340 e. The van der Waals surface area contributed by atoms with Crippen LogP contribution in [0, 0.1) is 11.7 Å². The summed E-state index contributed by atoms with van der Waals surface area (Å²) in [5.74, 6) is 0.279. The lowest BCUT2D eigenvalue weighted by Gasteiger charge is -2.30. The number of carbonyl (C=O) groups is 2. The lowest BCUT2D eigenvalue weighted by Crippen LogP contribution is -2.43. The third-order valence-corrected chi connectivity index (χ3v) is 6.16. The van der Waals surface area contributed by atoms with Crippen molar-refractivity contribution < 1.29 is 14.0 Å². The zero-order chi connectivity index (χ0) is 20.2. The van der Waals surface area contributed by atoms with E-state index >= 15 is 0 Å². The summed E-state index contributed by atoms with van der Waals surface area (Å²) in [6, 6.07) is 16.5. The van der Waals surface area contributed by atoms with Crippen LogP contribution in [0.15, 0.2) is 54.6 Å². The fourth-order valence-electron chi connectivity index (χ4n) is 4.63. The van der Waals surface area contributed by atoms with Crippen LogP contribution in [0.5, 0.6) is 0 Å². The van der Waals surface area contributed by atoms with Crippen LogP contribution in [0.25, 0.3) is 0 Å². The second kappa shape index (κ2) is 8.76. The maximum Gasteiger partial charge on any atom is 0.223 e. The van der Waals surface area contributed by atoms with Gasteiger partial charge in [-0.3, -0.25) is 9.59 Å². The van der Waals surface area contributed by atoms with E-state index in [1.807, 2.05) is 46.2 Å². The predicted molar refractivity (Wildman–Crippen MR) is 109 cm³/mol. The molecule has 29 heavy (non-hydrogen) atoms. The smallest absolute Gasteiger partial charge is 0.223 e. The molecule has 0 saturated carbocycles. The molecule has 0 spiro atoms. The van der Waals surface area contributed by atoms with E-state index in [1.54, 1.807) is 6.07 Å². The van der Waals surface area contributed by atoms with Gasteiger partial charge in [-0.25, -0.2) is 4.39 Å². The van der Waals surface area contributed by atoms with E-state index in [0.717, 1.165) is 30.4 Å². The van der Waals surface area contributed by atoms with Crippen LogP contribution in [-0.2, 0) is 22.6 Å². The third-order valence-electron chi connectivity index (χ3n) is 6.16. The van der Waals surface area contributed by atoms with Crippen LogP contribution >= 0.6 is 0 Å². The molecule has 2 fully saturated rings. The number of likely N-dealkylation sites (tertiary alicyclic amines) is 2. The van der Waals surface area contributed by atoms with Crippen LogP contribution in [0.4, 0.5) is 4.39 Å². The highest BCUT2D eigenvalue weighted by Crippen LogP contribution is 2.32. The van der Waals surface area contributed by atoms with Gasteiger partial charge in [-0.2, -0.15) is 0 Å². The van der Waals surface area contributed by atoms with Gasteiger partial charge in [0.1, 0.15) is 5.82 Å². The normalized spacial score (nSPS) is 21.8. The molecule has 2 aliphatic heterocycles. The molecule has 2 heterocycles. The van der Waals surface area contributed by atoms with Crippen molar-refractivity contribution in [2.24, 2.45) is 5.92 Å². The highest BCUT2D eigenvalue weighted by molar-refractivity contribution is 5.79. The number of fused-ring (bicyclic) bond motifs is 1. The molecule has 152 valence electrons. The Kier molecular flexibility index (Phi) is 5.93. The van der Waals surface area contributed by atoms with E-state index in [9.17, 15) is 14.0 Å². The van der Waals surface area contributed by atoms with Crippen LogP contribution in [-0.4, -0.2) is 40.7 Å². The summed E-state index contributed by atoms with van der Waals surface area (Å²) in [7, 11) is 0. The van der Waals surface area contributed by atoms with Gasteiger partial charge in [-0.05, 0) is 48.4 Å². The van der Waals surface area contributed by atoms with E-state index in [-0.39, 0.29) is 23.7 Å². The van der Waals surface area contributed by atoms with Gasteiger partial charge in [0.25, 0.3) is 0 Å². The lowest BCUT2D eigenvalue weighted by atomic mass is 9.98. The van der Waals surface area contributed by atoms with Crippen molar-refractivity contribution in [3.8, 4) is 0 Å². The summed E-state index contributed by atoms with van der Waals surface area (Å²) in [4.78, 5) is 29.4. The fraction of sp³-hybridized carbons (Fsp3) is 0.417. The van der Waals surface area contributed by atoms with Crippen LogP contribution < -0.4 is 0 Å². The van der Waals surface area contributed by atoms with E-state index < -0.39 is 0 Å². The molecule has 0 bridgehead atoms. The Morgan fingerprint density at radius 1 is 1.03 bits per heavy atom. The van der Waals surface area contributed by atoms with Gasteiger partial charge in [0.05, 0.1) is 6.04 Å². The largest absolute Gasteiger partial charge is 0.340 e. The number of rotatable bonds is 5. The predicted octanol–water partition coefficient (Wildman–Crippen LogP) is 3.80. The molecule has 5 heteroatoms. The van der Waals surface area contributed by atoms with Crippen molar-refractivity contribution >= 4 is 11.8 Å². The van der Waals surface area contributed by atoms with Crippen molar-refractivity contribution in [1.29, 1.82) is 0 Å². The first-order chi connectivity index (χ1) is 14.1. The number of benzene rings is 2. The van der Waals surface area contributed by atoms with Crippen molar-refractivity contribution in [3.05, 3.63) is 71.5 Å². The molecule has 0 aliphatic carbocycles. The Hall–Kier alpha value is -2.69. The van der Waals surface area contributed by atoms with Gasteiger partial charge < -0.3 is 9.80 Å². The van der Waals surface area contributed by atoms with Crippen LogP contribution in [0.2, 0.25) is 0 Å². The first-order valence-electron chi connectivity index (χ1n) is 10.5. The lowest BCUT2D eigenvalue weighted by molar-refractivity contribution is -0.135. The zero-order valence-electron chi connectivity index (χ0n) is 16.6. The summed E-state index contributed by atoms with van der Waals surface area (Å²) < 4.78 is 13.6. The van der Waals surface area contributed by atoms with Crippen molar-refractivity contribution in [3.63, 3.8) is 0 Å². The number of nitrogens with zero attached hydrogens (tertiary/aromatic N) is 2. The highest BCUT2D eigenvalue weighted by Gasteiger charge is 2.41. The second-order valence-corrected chi connectivity index (χ2v) is 8.16. The van der Waals surface area contributed by atoms with E-state index in [2.05, 4.69) is 0 Å². The van der Waals surface area contributed by atoms with Crippen molar-refractivity contribution in [2.45, 2.75) is 44.7 Å². The second-order valence-electron chi connectivity index (χ2n) is 8.16. The summed E-state index contributed by atoms with van der Waals surface area (Å²) in [5, 5.41) is 0. The molecule has 4 rings (SSSR count). The van der Waals surface area contributed by atoms with Gasteiger partial charge in [-0.15, -0.1) is 0 Å². The molecular formula is C24H27FN2O2. The number of carbonyl (C=O) groups excluding carboxylic acids is 2. The number of hydrogen-bond acceptors (Lipinski definition) is 2. The van der Waals surface area contributed by atoms with E-state index in [0.29, 0.717) is 38.4 Å². The standard InChI is InChI=1S/C24H27FN2O2/c25-21-10-4-8-19(14-21)15-27-22-17-26(16-20(22)9-5-11-24(27)29)23(28)13-12-18-6-2-1-3-7-18/h1-4,6-8,10,14,20,22H,5,9,11-13,15-17H2/t20-,22+/m1/s1. The molecule has 2 aliphatic rings. The van der Waals surface area contributed by atoms with Gasteiger partial charge in [0.2, 0.25) is 11.8 Å². The zero-order valence-corrected chi connectivity index (χ0v) is 16.6. The first kappa shape index (κ1) is 19.6. The summed E-state index contributed by atoms with van der Waals surface area (Å²) >= 11 is 0. The molecule has 0 N–H and O–H groups in total. The van der Waals surface area contributed by atoms with Crippen molar-refractivity contribution in [2.75, 3.05) is 13.1 Å². The molecule has 2 amide bonds. The summed E-state index contributed by atoms with van der Waals surface area (Å²) in [5.41, 5.74) is 1.96. The maximum atomic E-state index is 13.6. The molecule has 2 aromatic carbocycles. The molecule has 0 unspecified atom stereocenters. The van der Waals surface area contributed by atoms with E-state index in [1.165, 1.54) is 12.1 Å². The highest BCUT2D eigenvalue weighted by atomic mass is 19.1. The summed E-state index contributed by atoms with van der Waals surface area (Å²) in [6.45, 7) is 1.70. The average Bonchev–Trinajstić information content (AvgIpc) is 3.09. The maximum absolute atomic E-state index is 13.6. The Bertz CT molecular complexity index is 870. The number of hydrogen-bond donors (Lipinski definition) is 0. The third kappa shape index (κ3) is 4.66. The van der Waals surface area contributed by atoms with Gasteiger partial charge in [-0.1, -0.05) is 42.5 Å². The quantitative estimate of drug-likeness (QED) is 0.774.